The maximum absolute atomic E-state index is 12.0. The molecule has 1 atom stereocenters. The van der Waals surface area contributed by atoms with E-state index in [1.807, 2.05) is 0 Å². The first-order chi connectivity index (χ1) is 25.6. The molecule has 0 aliphatic rings. The van der Waals surface area contributed by atoms with Crippen LogP contribution in [0.4, 0.5) is 0 Å². The summed E-state index contributed by atoms with van der Waals surface area (Å²) in [7, 11) is 0. The second kappa shape index (κ2) is 42.8. The van der Waals surface area contributed by atoms with E-state index >= 15 is 0 Å². The van der Waals surface area contributed by atoms with Gasteiger partial charge in [0.25, 0.3) is 0 Å². The summed E-state index contributed by atoms with van der Waals surface area (Å²) in [5.74, 6) is -0.634. The Morgan fingerprint density at radius 3 is 1.19 bits per heavy atom. The second-order valence-corrected chi connectivity index (χ2v) is 14.1. The van der Waals surface area contributed by atoms with E-state index in [2.05, 4.69) is 86.8 Å². The summed E-state index contributed by atoms with van der Waals surface area (Å²) in [4.78, 5) is 24.0. The van der Waals surface area contributed by atoms with Crippen molar-refractivity contribution in [2.75, 3.05) is 13.2 Å². The number of aliphatic hydroxyl groups is 1. The highest BCUT2D eigenvalue weighted by Crippen LogP contribution is 2.14. The number of aliphatic hydroxyl groups excluding tert-OH is 1. The molecule has 0 heterocycles. The molecule has 0 saturated carbocycles. The van der Waals surface area contributed by atoms with Crippen LogP contribution in [-0.4, -0.2) is 36.4 Å². The molecule has 0 unspecified atom stereocenters. The van der Waals surface area contributed by atoms with Crippen LogP contribution in [0.15, 0.2) is 72.9 Å². The van der Waals surface area contributed by atoms with Crippen molar-refractivity contribution in [1.29, 1.82) is 0 Å². The van der Waals surface area contributed by atoms with Gasteiger partial charge in [-0.05, 0) is 77.0 Å². The Labute approximate surface area is 321 Å². The summed E-state index contributed by atoms with van der Waals surface area (Å²) in [5.41, 5.74) is 0. The molecule has 0 spiro atoms. The molecular formula is C47H80O5. The highest BCUT2D eigenvalue weighted by molar-refractivity contribution is 5.69. The van der Waals surface area contributed by atoms with E-state index in [1.165, 1.54) is 103 Å². The van der Waals surface area contributed by atoms with E-state index in [4.69, 9.17) is 9.47 Å². The Bertz CT molecular complexity index is 957. The lowest BCUT2D eigenvalue weighted by atomic mass is 10.0. The molecule has 0 radical (unpaired) electrons. The maximum atomic E-state index is 12.0. The summed E-state index contributed by atoms with van der Waals surface area (Å²) in [5, 5.41) is 10.0. The van der Waals surface area contributed by atoms with Crippen LogP contribution in [0.5, 0.6) is 0 Å². The normalized spacial score (nSPS) is 12.9. The molecular weight excluding hydrogens is 645 g/mol. The summed E-state index contributed by atoms with van der Waals surface area (Å²) in [6, 6.07) is 0. The largest absolute Gasteiger partial charge is 0.463 e. The number of allylic oxidation sites excluding steroid dienone is 12. The number of hydrogen-bond donors (Lipinski definition) is 1. The van der Waals surface area contributed by atoms with Gasteiger partial charge in [-0.1, -0.05) is 177 Å². The van der Waals surface area contributed by atoms with Crippen LogP contribution in [0.2, 0.25) is 0 Å². The third-order valence-electron chi connectivity index (χ3n) is 8.93. The molecule has 5 nitrogen and oxygen atoms in total. The first kappa shape index (κ1) is 49.3. The Kier molecular flexibility index (Phi) is 40.6. The molecule has 0 bridgehead atoms. The average molecular weight is 725 g/mol. The van der Waals surface area contributed by atoms with E-state index < -0.39 is 6.10 Å². The molecule has 298 valence electrons. The SMILES string of the molecule is CC/C=C\C/C=C\C/C=C\C/C=C\C/C=C\CCCC(=O)OC[C@H](O)COC(=O)CCCCCCCCCCCCC/C=C\CCCCCCCC. The highest BCUT2D eigenvalue weighted by Gasteiger charge is 2.12. The van der Waals surface area contributed by atoms with E-state index in [0.717, 1.165) is 57.8 Å². The fourth-order valence-electron chi connectivity index (χ4n) is 5.70. The standard InChI is InChI=1S/C47H80O5/c1-3-5-7-9-11-13-15-17-19-21-22-23-24-26-28-30-32-34-36-38-40-42-47(50)52-44-45(48)43-51-46(49)41-39-37-35-33-31-29-27-25-20-18-16-14-12-10-8-6-4-2/h6,8,12,14,17-20,27,29,33,35,45,48H,3-5,7,9-11,13,15-16,21-26,28,30-32,34,36-44H2,1-2H3/b8-6-,14-12-,19-17-,20-18-,29-27-,35-33-/t45-/m0/s1. The fourth-order valence-corrected chi connectivity index (χ4v) is 5.70. The summed E-state index contributed by atoms with van der Waals surface area (Å²) < 4.78 is 10.3. The number of unbranched alkanes of at least 4 members (excludes halogenated alkanes) is 18. The summed E-state index contributed by atoms with van der Waals surface area (Å²) in [6.45, 7) is 4.13. The van der Waals surface area contributed by atoms with Crippen molar-refractivity contribution in [2.45, 2.75) is 200 Å². The van der Waals surface area contributed by atoms with Gasteiger partial charge in [0.15, 0.2) is 0 Å². The number of rotatable bonds is 38. The van der Waals surface area contributed by atoms with Gasteiger partial charge in [0, 0.05) is 12.8 Å². The third kappa shape index (κ3) is 41.8. The minimum atomic E-state index is -0.990. The van der Waals surface area contributed by atoms with Crippen LogP contribution < -0.4 is 0 Å². The average Bonchev–Trinajstić information content (AvgIpc) is 3.15. The van der Waals surface area contributed by atoms with E-state index in [9.17, 15) is 14.7 Å². The number of carbonyl (C=O) groups is 2. The molecule has 0 aromatic carbocycles. The van der Waals surface area contributed by atoms with E-state index in [-0.39, 0.29) is 25.2 Å². The molecule has 0 amide bonds. The van der Waals surface area contributed by atoms with Crippen molar-refractivity contribution in [3.05, 3.63) is 72.9 Å². The first-order valence-corrected chi connectivity index (χ1v) is 21.5. The van der Waals surface area contributed by atoms with Crippen LogP contribution in [0.1, 0.15) is 194 Å². The molecule has 0 aromatic heterocycles. The first-order valence-electron chi connectivity index (χ1n) is 21.5. The molecule has 5 heteroatoms. The van der Waals surface area contributed by atoms with Gasteiger partial charge in [-0.3, -0.25) is 9.59 Å². The van der Waals surface area contributed by atoms with Crippen LogP contribution >= 0.6 is 0 Å². The van der Waals surface area contributed by atoms with Crippen molar-refractivity contribution >= 4 is 11.9 Å². The minimum Gasteiger partial charge on any atom is -0.463 e. The Balaban J connectivity index is 3.51. The van der Waals surface area contributed by atoms with Crippen LogP contribution in [-0.2, 0) is 19.1 Å². The fraction of sp³-hybridized carbons (Fsp3) is 0.702. The topological polar surface area (TPSA) is 72.8 Å². The van der Waals surface area contributed by atoms with Gasteiger partial charge >= 0.3 is 11.9 Å². The highest BCUT2D eigenvalue weighted by atomic mass is 16.6. The maximum Gasteiger partial charge on any atom is 0.305 e. The van der Waals surface area contributed by atoms with Gasteiger partial charge in [0.1, 0.15) is 19.3 Å². The molecule has 0 aliphatic heterocycles. The lowest BCUT2D eigenvalue weighted by Gasteiger charge is -2.12. The molecule has 0 rings (SSSR count). The number of ether oxygens (including phenoxy) is 2. The van der Waals surface area contributed by atoms with Crippen molar-refractivity contribution in [2.24, 2.45) is 0 Å². The Morgan fingerprint density at radius 2 is 0.750 bits per heavy atom. The molecule has 1 N–H and O–H groups in total. The van der Waals surface area contributed by atoms with Crippen LogP contribution in [0, 0.1) is 0 Å². The number of carbonyl (C=O) groups excluding carboxylic acids is 2. The molecule has 52 heavy (non-hydrogen) atoms. The minimum absolute atomic E-state index is 0.137. The number of esters is 2. The zero-order chi connectivity index (χ0) is 37.8. The Hall–Kier alpha value is -2.66. The lowest BCUT2D eigenvalue weighted by Crippen LogP contribution is -2.25. The van der Waals surface area contributed by atoms with Gasteiger partial charge < -0.3 is 14.6 Å². The van der Waals surface area contributed by atoms with Gasteiger partial charge in [-0.15, -0.1) is 0 Å². The summed E-state index contributed by atoms with van der Waals surface area (Å²) in [6.07, 6.45) is 56.9. The van der Waals surface area contributed by atoms with Crippen molar-refractivity contribution < 1.29 is 24.2 Å². The smallest absolute Gasteiger partial charge is 0.305 e. The Morgan fingerprint density at radius 1 is 0.423 bits per heavy atom. The predicted molar refractivity (Wildman–Crippen MR) is 223 cm³/mol. The van der Waals surface area contributed by atoms with Crippen molar-refractivity contribution in [3.63, 3.8) is 0 Å². The van der Waals surface area contributed by atoms with Gasteiger partial charge in [-0.25, -0.2) is 0 Å². The lowest BCUT2D eigenvalue weighted by molar-refractivity contribution is -0.152. The van der Waals surface area contributed by atoms with Crippen LogP contribution in [0.25, 0.3) is 0 Å². The molecule has 0 fully saturated rings. The molecule has 0 saturated heterocycles. The van der Waals surface area contributed by atoms with E-state index in [0.29, 0.717) is 19.3 Å². The third-order valence-corrected chi connectivity index (χ3v) is 8.93. The zero-order valence-electron chi connectivity index (χ0n) is 33.8. The zero-order valence-corrected chi connectivity index (χ0v) is 33.8. The molecule has 0 aromatic rings. The quantitative estimate of drug-likeness (QED) is 0.0390. The predicted octanol–water partition coefficient (Wildman–Crippen LogP) is 13.7. The van der Waals surface area contributed by atoms with Gasteiger partial charge in [0.05, 0.1) is 0 Å². The summed E-state index contributed by atoms with van der Waals surface area (Å²) >= 11 is 0. The van der Waals surface area contributed by atoms with Crippen molar-refractivity contribution in [3.8, 4) is 0 Å². The number of hydrogen-bond acceptors (Lipinski definition) is 5. The van der Waals surface area contributed by atoms with Crippen molar-refractivity contribution in [1.82, 2.24) is 0 Å². The van der Waals surface area contributed by atoms with Gasteiger partial charge in [-0.2, -0.15) is 0 Å². The molecule has 0 aliphatic carbocycles. The van der Waals surface area contributed by atoms with Gasteiger partial charge in [0.2, 0.25) is 0 Å². The monoisotopic (exact) mass is 725 g/mol. The second-order valence-electron chi connectivity index (χ2n) is 14.1. The van der Waals surface area contributed by atoms with Crippen LogP contribution in [0.3, 0.4) is 0 Å². The van der Waals surface area contributed by atoms with E-state index in [1.54, 1.807) is 0 Å².